The summed E-state index contributed by atoms with van der Waals surface area (Å²) in [4.78, 5) is 22.9. The molecule has 3 aromatic rings. The highest BCUT2D eigenvalue weighted by Crippen LogP contribution is 2.15. The van der Waals surface area contributed by atoms with Gasteiger partial charge in [0, 0.05) is 17.7 Å². The van der Waals surface area contributed by atoms with Crippen molar-refractivity contribution in [2.75, 3.05) is 0 Å². The number of sulfonamides is 1. The molecule has 0 aromatic heterocycles. The van der Waals surface area contributed by atoms with E-state index in [-0.39, 0.29) is 22.0 Å². The smallest absolute Gasteiger partial charge is 0.284 e. The highest BCUT2D eigenvalue weighted by molar-refractivity contribution is 7.90. The molecule has 1 amide bonds. The predicted octanol–water partition coefficient (Wildman–Crippen LogP) is 4.44. The molecule has 0 atom stereocenters. The fraction of sp³-hybridized carbons (Fsp3) is 0.0833. The SMILES string of the molecule is Cc1ccc(/C=C/C(=N\S(=O)(=O)c2ccc(C)cc2)NC(=O)c2ccc([N+](=O)[O-])cc2)cc1. The molecular weight excluding hydrogens is 442 g/mol. The Hall–Kier alpha value is -4.11. The number of carbonyl (C=O) groups excluding carboxylic acids is 1. The van der Waals surface area contributed by atoms with Gasteiger partial charge < -0.3 is 5.32 Å². The van der Waals surface area contributed by atoms with Gasteiger partial charge in [0.1, 0.15) is 5.84 Å². The van der Waals surface area contributed by atoms with Crippen LogP contribution in [0.4, 0.5) is 5.69 Å². The fourth-order valence-electron chi connectivity index (χ4n) is 2.76. The van der Waals surface area contributed by atoms with Crippen molar-refractivity contribution in [1.29, 1.82) is 0 Å². The van der Waals surface area contributed by atoms with Gasteiger partial charge in [0.05, 0.1) is 9.82 Å². The van der Waals surface area contributed by atoms with Crippen LogP contribution < -0.4 is 5.32 Å². The van der Waals surface area contributed by atoms with Gasteiger partial charge in [-0.3, -0.25) is 14.9 Å². The van der Waals surface area contributed by atoms with Crippen molar-refractivity contribution < 1.29 is 18.1 Å². The van der Waals surface area contributed by atoms with Crippen molar-refractivity contribution in [3.05, 3.63) is 111 Å². The topological polar surface area (TPSA) is 119 Å². The molecule has 3 rings (SSSR count). The molecule has 0 aliphatic rings. The minimum atomic E-state index is -4.10. The third-order valence-corrected chi connectivity index (χ3v) is 5.94. The molecule has 1 N–H and O–H groups in total. The third-order valence-electron chi connectivity index (χ3n) is 4.63. The Morgan fingerprint density at radius 2 is 1.45 bits per heavy atom. The number of amidine groups is 1. The summed E-state index contributed by atoms with van der Waals surface area (Å²) < 4.78 is 29.4. The van der Waals surface area contributed by atoms with Crippen molar-refractivity contribution in [2.24, 2.45) is 4.40 Å². The van der Waals surface area contributed by atoms with Crippen molar-refractivity contribution in [2.45, 2.75) is 18.7 Å². The van der Waals surface area contributed by atoms with Crippen molar-refractivity contribution in [3.63, 3.8) is 0 Å². The van der Waals surface area contributed by atoms with E-state index in [1.807, 2.05) is 38.1 Å². The standard InChI is InChI=1S/C24H21N3O5S/c1-17-3-7-19(8-4-17)9-16-23(26-33(31,32)22-14-5-18(2)6-15-22)25-24(28)20-10-12-21(13-11-20)27(29)30/h3-16H,1-2H3,(H,25,26,28)/b16-9+. The number of aryl methyl sites for hydroxylation is 2. The molecule has 0 aliphatic heterocycles. The Kier molecular flexibility index (Phi) is 7.14. The molecule has 0 spiro atoms. The van der Waals surface area contributed by atoms with Crippen LogP contribution in [0.1, 0.15) is 27.0 Å². The lowest BCUT2D eigenvalue weighted by Crippen LogP contribution is -2.30. The zero-order valence-electron chi connectivity index (χ0n) is 17.9. The van der Waals surface area contributed by atoms with Gasteiger partial charge in [-0.1, -0.05) is 53.6 Å². The second kappa shape index (κ2) is 10.0. The molecule has 168 valence electrons. The number of non-ortho nitro benzene ring substituents is 1. The summed E-state index contributed by atoms with van der Waals surface area (Å²) in [5, 5.41) is 13.3. The molecule has 0 radical (unpaired) electrons. The van der Waals surface area contributed by atoms with E-state index in [0.29, 0.717) is 0 Å². The van der Waals surface area contributed by atoms with E-state index < -0.39 is 20.9 Å². The number of hydrogen-bond donors (Lipinski definition) is 1. The quantitative estimate of drug-likeness (QED) is 0.251. The number of nitro groups is 1. The molecule has 8 nitrogen and oxygen atoms in total. The number of carbonyl (C=O) groups is 1. The van der Waals surface area contributed by atoms with Crippen molar-refractivity contribution in [3.8, 4) is 0 Å². The lowest BCUT2D eigenvalue weighted by atomic mass is 10.1. The normalized spacial score (nSPS) is 12.0. The zero-order valence-corrected chi connectivity index (χ0v) is 18.7. The second-order valence-corrected chi connectivity index (χ2v) is 8.87. The summed E-state index contributed by atoms with van der Waals surface area (Å²) in [6.07, 6.45) is 3.01. The molecule has 0 aliphatic carbocycles. The van der Waals surface area contributed by atoms with E-state index in [1.165, 1.54) is 42.5 Å². The number of amides is 1. The second-order valence-electron chi connectivity index (χ2n) is 7.27. The number of nitro benzene ring substituents is 1. The lowest BCUT2D eigenvalue weighted by molar-refractivity contribution is -0.384. The van der Waals surface area contributed by atoms with Crippen LogP contribution in [0.5, 0.6) is 0 Å². The van der Waals surface area contributed by atoms with E-state index in [1.54, 1.807) is 18.2 Å². The van der Waals surface area contributed by atoms with E-state index >= 15 is 0 Å². The van der Waals surface area contributed by atoms with Crippen LogP contribution in [-0.4, -0.2) is 25.1 Å². The van der Waals surface area contributed by atoms with Gasteiger partial charge >= 0.3 is 0 Å². The molecule has 33 heavy (non-hydrogen) atoms. The number of rotatable bonds is 6. The summed E-state index contributed by atoms with van der Waals surface area (Å²) in [6.45, 7) is 3.78. The summed E-state index contributed by atoms with van der Waals surface area (Å²) >= 11 is 0. The molecule has 0 saturated heterocycles. The highest BCUT2D eigenvalue weighted by Gasteiger charge is 2.16. The number of nitrogens with zero attached hydrogens (tertiary/aromatic N) is 2. The van der Waals surface area contributed by atoms with Gasteiger partial charge in [-0.15, -0.1) is 4.40 Å². The first-order chi connectivity index (χ1) is 15.6. The molecule has 0 unspecified atom stereocenters. The molecule has 0 heterocycles. The number of benzene rings is 3. The first-order valence-electron chi connectivity index (χ1n) is 9.86. The van der Waals surface area contributed by atoms with Gasteiger partial charge in [0.25, 0.3) is 21.6 Å². The monoisotopic (exact) mass is 463 g/mol. The van der Waals surface area contributed by atoms with E-state index in [2.05, 4.69) is 9.71 Å². The average Bonchev–Trinajstić information content (AvgIpc) is 2.78. The van der Waals surface area contributed by atoms with Gasteiger partial charge in [-0.25, -0.2) is 0 Å². The minimum Gasteiger partial charge on any atom is -0.306 e. The van der Waals surface area contributed by atoms with Crippen LogP contribution in [0.25, 0.3) is 6.08 Å². The molecule has 0 fully saturated rings. The van der Waals surface area contributed by atoms with Crippen LogP contribution in [0, 0.1) is 24.0 Å². The van der Waals surface area contributed by atoms with E-state index in [0.717, 1.165) is 16.7 Å². The Bertz CT molecular complexity index is 1330. The van der Waals surface area contributed by atoms with Crippen LogP contribution in [-0.2, 0) is 10.0 Å². The molecule has 9 heteroatoms. The van der Waals surface area contributed by atoms with Crippen LogP contribution in [0.2, 0.25) is 0 Å². The maximum Gasteiger partial charge on any atom is 0.284 e. The molecule has 3 aromatic carbocycles. The molecule has 0 saturated carbocycles. The van der Waals surface area contributed by atoms with Crippen molar-refractivity contribution >= 4 is 33.5 Å². The Morgan fingerprint density at radius 3 is 2.00 bits per heavy atom. The maximum atomic E-state index is 12.8. The minimum absolute atomic E-state index is 0.0149. The van der Waals surface area contributed by atoms with Gasteiger partial charge in [-0.05, 0) is 49.8 Å². The number of nitrogens with one attached hydrogen (secondary N) is 1. The Labute approximate surface area is 191 Å². The Balaban J connectivity index is 1.94. The lowest BCUT2D eigenvalue weighted by Gasteiger charge is -2.07. The third kappa shape index (κ3) is 6.44. The van der Waals surface area contributed by atoms with Crippen LogP contribution in [0.15, 0.2) is 88.2 Å². The van der Waals surface area contributed by atoms with Crippen LogP contribution >= 0.6 is 0 Å². The summed E-state index contributed by atoms with van der Waals surface area (Å²) in [6, 6.07) is 18.6. The number of hydrogen-bond acceptors (Lipinski definition) is 5. The first-order valence-corrected chi connectivity index (χ1v) is 11.3. The summed E-state index contributed by atoms with van der Waals surface area (Å²) in [7, 11) is -4.10. The van der Waals surface area contributed by atoms with E-state index in [4.69, 9.17) is 0 Å². The van der Waals surface area contributed by atoms with Crippen molar-refractivity contribution in [1.82, 2.24) is 5.32 Å². The highest BCUT2D eigenvalue weighted by atomic mass is 32.2. The average molecular weight is 464 g/mol. The maximum absolute atomic E-state index is 12.8. The van der Waals surface area contributed by atoms with Gasteiger partial charge in [-0.2, -0.15) is 8.42 Å². The van der Waals surface area contributed by atoms with E-state index in [9.17, 15) is 23.3 Å². The van der Waals surface area contributed by atoms with Crippen LogP contribution in [0.3, 0.4) is 0 Å². The zero-order chi connectivity index (χ0) is 24.0. The molecule has 0 bridgehead atoms. The van der Waals surface area contributed by atoms with Gasteiger partial charge in [0.2, 0.25) is 0 Å². The fourth-order valence-corrected chi connectivity index (χ4v) is 3.71. The predicted molar refractivity (Wildman–Crippen MR) is 127 cm³/mol. The summed E-state index contributed by atoms with van der Waals surface area (Å²) in [5.41, 5.74) is 2.69. The Morgan fingerprint density at radius 1 is 0.909 bits per heavy atom. The summed E-state index contributed by atoms with van der Waals surface area (Å²) in [5.74, 6) is -0.851. The largest absolute Gasteiger partial charge is 0.306 e. The van der Waals surface area contributed by atoms with Gasteiger partial charge in [0.15, 0.2) is 0 Å². The first kappa shape index (κ1) is 23.6. The molecular formula is C24H21N3O5S.